The molecule has 4 aromatic rings. The highest BCUT2D eigenvalue weighted by Crippen LogP contribution is 2.31. The van der Waals surface area contributed by atoms with Crippen molar-refractivity contribution in [3.63, 3.8) is 0 Å². The highest BCUT2D eigenvalue weighted by molar-refractivity contribution is 6.05. The van der Waals surface area contributed by atoms with Gasteiger partial charge in [0.15, 0.2) is 0 Å². The molecule has 0 aliphatic heterocycles. The van der Waals surface area contributed by atoms with E-state index in [1.54, 1.807) is 12.1 Å². The number of aryl methyl sites for hydroxylation is 1. The van der Waals surface area contributed by atoms with Crippen molar-refractivity contribution >= 4 is 34.2 Å². The number of fused-ring (bicyclic) bond motifs is 1. The van der Waals surface area contributed by atoms with Crippen LogP contribution in [0.15, 0.2) is 66.7 Å². The number of nitrogens with zero attached hydrogens (tertiary/aromatic N) is 1. The van der Waals surface area contributed by atoms with E-state index in [0.717, 1.165) is 58.6 Å². The van der Waals surface area contributed by atoms with Crippen molar-refractivity contribution in [2.75, 3.05) is 10.6 Å². The molecule has 1 saturated carbocycles. The molecule has 3 aromatic carbocycles. The molecule has 1 heterocycles. The number of amides is 2. The number of carbonyl (C=O) groups excluding carboxylic acids is 2. The Morgan fingerprint density at radius 3 is 2.49 bits per heavy atom. The smallest absolute Gasteiger partial charge is 0.255 e. The Morgan fingerprint density at radius 1 is 0.943 bits per heavy atom. The average molecular weight is 467 g/mol. The normalized spacial score (nSPS) is 17.8. The summed E-state index contributed by atoms with van der Waals surface area (Å²) < 4.78 is 0. The van der Waals surface area contributed by atoms with E-state index < -0.39 is 0 Å². The standard InChI is InChI=1S/C29H30N4O2/c1-18-7-3-5-9-23(18)29(35)30-22-15-16-25-26(17-22)32-27(31-25)20-11-13-21(14-12-20)28(34)33-24-10-6-4-8-19(24)2/h4,6,8,10-18,23H,3,5,7,9H2,1-2H3,(H,30,35)(H,31,32)(H,33,34). The maximum absolute atomic E-state index is 12.8. The van der Waals surface area contributed by atoms with Crippen molar-refractivity contribution in [2.24, 2.45) is 11.8 Å². The molecule has 2 unspecified atom stereocenters. The van der Waals surface area contributed by atoms with E-state index in [2.05, 4.69) is 22.5 Å². The fraction of sp³-hybridized carbons (Fsp3) is 0.276. The minimum absolute atomic E-state index is 0.0818. The van der Waals surface area contributed by atoms with Crippen LogP contribution < -0.4 is 10.6 Å². The summed E-state index contributed by atoms with van der Waals surface area (Å²) in [5.41, 5.74) is 5.74. The number of anilines is 2. The van der Waals surface area contributed by atoms with Gasteiger partial charge in [0.1, 0.15) is 5.82 Å². The Hall–Kier alpha value is -3.93. The number of carbonyl (C=O) groups is 2. The first-order chi connectivity index (χ1) is 17.0. The molecule has 2 amide bonds. The summed E-state index contributed by atoms with van der Waals surface area (Å²) in [6.45, 7) is 4.14. The van der Waals surface area contributed by atoms with Crippen LogP contribution in [-0.4, -0.2) is 21.8 Å². The van der Waals surface area contributed by atoms with Gasteiger partial charge in [0, 0.05) is 28.4 Å². The number of imidazole rings is 1. The van der Waals surface area contributed by atoms with Gasteiger partial charge in [-0.15, -0.1) is 0 Å². The van der Waals surface area contributed by atoms with Crippen molar-refractivity contribution in [1.82, 2.24) is 9.97 Å². The van der Waals surface area contributed by atoms with Crippen LogP contribution in [0.1, 0.15) is 48.5 Å². The summed E-state index contributed by atoms with van der Waals surface area (Å²) in [4.78, 5) is 33.5. The van der Waals surface area contributed by atoms with Crippen molar-refractivity contribution in [3.8, 4) is 11.4 Å². The lowest BCUT2D eigenvalue weighted by Gasteiger charge is -2.27. The minimum Gasteiger partial charge on any atom is -0.338 e. The van der Waals surface area contributed by atoms with E-state index in [0.29, 0.717) is 11.5 Å². The SMILES string of the molecule is Cc1ccccc1NC(=O)c1ccc(-c2nc3ccc(NC(=O)C4CCCCC4C)cc3[nH]2)cc1. The molecule has 1 aromatic heterocycles. The number of para-hydroxylation sites is 1. The molecule has 0 radical (unpaired) electrons. The highest BCUT2D eigenvalue weighted by atomic mass is 16.2. The van der Waals surface area contributed by atoms with Crippen LogP contribution in [0.5, 0.6) is 0 Å². The summed E-state index contributed by atoms with van der Waals surface area (Å²) in [6, 6.07) is 20.8. The van der Waals surface area contributed by atoms with E-state index in [-0.39, 0.29) is 17.7 Å². The molecule has 0 bridgehead atoms. The molecule has 6 nitrogen and oxygen atoms in total. The summed E-state index contributed by atoms with van der Waals surface area (Å²) in [5.74, 6) is 1.18. The first-order valence-corrected chi connectivity index (χ1v) is 12.3. The van der Waals surface area contributed by atoms with Crippen molar-refractivity contribution in [2.45, 2.75) is 39.5 Å². The van der Waals surface area contributed by atoms with Crippen LogP contribution in [-0.2, 0) is 4.79 Å². The molecule has 3 N–H and O–H groups in total. The van der Waals surface area contributed by atoms with E-state index in [1.165, 1.54) is 6.42 Å². The quantitative estimate of drug-likeness (QED) is 0.311. The number of aromatic amines is 1. The van der Waals surface area contributed by atoms with Gasteiger partial charge in [-0.25, -0.2) is 4.98 Å². The van der Waals surface area contributed by atoms with Crippen molar-refractivity contribution in [3.05, 3.63) is 77.9 Å². The molecule has 5 rings (SSSR count). The second-order valence-corrected chi connectivity index (χ2v) is 9.52. The van der Waals surface area contributed by atoms with Gasteiger partial charge in [0.05, 0.1) is 11.0 Å². The fourth-order valence-electron chi connectivity index (χ4n) is 4.85. The Labute approximate surface area is 205 Å². The number of hydrogen-bond acceptors (Lipinski definition) is 3. The van der Waals surface area contributed by atoms with Gasteiger partial charge in [-0.05, 0) is 67.6 Å². The van der Waals surface area contributed by atoms with Crippen LogP contribution in [0, 0.1) is 18.8 Å². The second kappa shape index (κ2) is 9.74. The molecular formula is C29H30N4O2. The third-order valence-electron chi connectivity index (χ3n) is 7.01. The van der Waals surface area contributed by atoms with Crippen LogP contribution in [0.4, 0.5) is 11.4 Å². The Kier molecular flexibility index (Phi) is 6.36. The molecule has 1 aliphatic rings. The molecule has 1 aliphatic carbocycles. The molecule has 178 valence electrons. The zero-order valence-corrected chi connectivity index (χ0v) is 20.1. The summed E-state index contributed by atoms with van der Waals surface area (Å²) in [7, 11) is 0. The van der Waals surface area contributed by atoms with Gasteiger partial charge in [0.2, 0.25) is 5.91 Å². The second-order valence-electron chi connectivity index (χ2n) is 9.52. The molecule has 35 heavy (non-hydrogen) atoms. The van der Waals surface area contributed by atoms with E-state index in [4.69, 9.17) is 4.98 Å². The van der Waals surface area contributed by atoms with E-state index >= 15 is 0 Å². The monoisotopic (exact) mass is 466 g/mol. The Balaban J connectivity index is 1.29. The third kappa shape index (κ3) is 4.97. The molecule has 2 atom stereocenters. The first-order valence-electron chi connectivity index (χ1n) is 12.3. The maximum atomic E-state index is 12.8. The lowest BCUT2D eigenvalue weighted by molar-refractivity contribution is -0.122. The van der Waals surface area contributed by atoms with Crippen molar-refractivity contribution < 1.29 is 9.59 Å². The Morgan fingerprint density at radius 2 is 1.71 bits per heavy atom. The number of nitrogens with one attached hydrogen (secondary N) is 3. The minimum atomic E-state index is -0.150. The number of rotatable bonds is 5. The van der Waals surface area contributed by atoms with Gasteiger partial charge >= 0.3 is 0 Å². The molecule has 0 saturated heterocycles. The zero-order chi connectivity index (χ0) is 24.4. The topological polar surface area (TPSA) is 86.9 Å². The van der Waals surface area contributed by atoms with Crippen LogP contribution >= 0.6 is 0 Å². The van der Waals surface area contributed by atoms with Crippen LogP contribution in [0.2, 0.25) is 0 Å². The molecule has 1 fully saturated rings. The lowest BCUT2D eigenvalue weighted by Crippen LogP contribution is -2.30. The third-order valence-corrected chi connectivity index (χ3v) is 7.01. The summed E-state index contributed by atoms with van der Waals surface area (Å²) >= 11 is 0. The maximum Gasteiger partial charge on any atom is 0.255 e. The van der Waals surface area contributed by atoms with Gasteiger partial charge in [-0.2, -0.15) is 0 Å². The fourth-order valence-corrected chi connectivity index (χ4v) is 4.85. The van der Waals surface area contributed by atoms with Crippen molar-refractivity contribution in [1.29, 1.82) is 0 Å². The predicted molar refractivity (Wildman–Crippen MR) is 140 cm³/mol. The van der Waals surface area contributed by atoms with Gasteiger partial charge in [-0.3, -0.25) is 9.59 Å². The molecular weight excluding hydrogens is 436 g/mol. The number of H-pyrrole nitrogens is 1. The van der Waals surface area contributed by atoms with Crippen LogP contribution in [0.3, 0.4) is 0 Å². The zero-order valence-electron chi connectivity index (χ0n) is 20.1. The van der Waals surface area contributed by atoms with Gasteiger partial charge < -0.3 is 15.6 Å². The average Bonchev–Trinajstić information content (AvgIpc) is 3.29. The first kappa shape index (κ1) is 22.8. The largest absolute Gasteiger partial charge is 0.338 e. The number of aromatic nitrogens is 2. The van der Waals surface area contributed by atoms with Gasteiger partial charge in [-0.1, -0.05) is 50.1 Å². The van der Waals surface area contributed by atoms with E-state index in [9.17, 15) is 9.59 Å². The van der Waals surface area contributed by atoms with Gasteiger partial charge in [0.25, 0.3) is 5.91 Å². The Bertz CT molecular complexity index is 1370. The molecule has 6 heteroatoms. The predicted octanol–water partition coefficient (Wildman–Crippen LogP) is 6.56. The van der Waals surface area contributed by atoms with E-state index in [1.807, 2.05) is 61.5 Å². The number of benzene rings is 3. The molecule has 0 spiro atoms. The number of hydrogen-bond donors (Lipinski definition) is 3. The van der Waals surface area contributed by atoms with Crippen LogP contribution in [0.25, 0.3) is 22.4 Å². The summed E-state index contributed by atoms with van der Waals surface area (Å²) in [5, 5.41) is 6.05. The lowest BCUT2D eigenvalue weighted by atomic mass is 9.80. The summed E-state index contributed by atoms with van der Waals surface area (Å²) in [6.07, 6.45) is 4.42. The highest BCUT2D eigenvalue weighted by Gasteiger charge is 2.27.